The molecule has 34 heteroatoms. The van der Waals surface area contributed by atoms with Gasteiger partial charge in [-0.3, -0.25) is 70.1 Å². The van der Waals surface area contributed by atoms with Gasteiger partial charge >= 0.3 is 34.5 Å². The summed E-state index contributed by atoms with van der Waals surface area (Å²) in [5.41, 5.74) is -1.17. The van der Waals surface area contributed by atoms with E-state index in [9.17, 15) is 82.1 Å². The number of hydrogen-bond acceptors (Lipinski definition) is 19. The van der Waals surface area contributed by atoms with Crippen LogP contribution < -0.4 is 16.0 Å². The maximum Gasteiger partial charge on any atom is 0.409 e. The number of halogens is 8. The number of nitrogens with one attached hydrogen (secondary N) is 3. The van der Waals surface area contributed by atoms with Gasteiger partial charge in [-0.25, -0.2) is 4.79 Å². The van der Waals surface area contributed by atoms with Crippen molar-refractivity contribution in [2.45, 2.75) is 37.2 Å². The number of piperazine rings is 4. The molecular formula is C55H67Br2ClF5N13O13. The average Bonchev–Trinajstić information content (AvgIpc) is 3.47. The van der Waals surface area contributed by atoms with Gasteiger partial charge in [0.1, 0.15) is 0 Å². The fourth-order valence-corrected chi connectivity index (χ4v) is 9.60. The zero-order valence-corrected chi connectivity index (χ0v) is 52.3. The number of ether oxygens (including phenoxy) is 1. The largest absolute Gasteiger partial charge is 0.453 e. The van der Waals surface area contributed by atoms with Crippen molar-refractivity contribution >= 4 is 84.7 Å². The SMILES string of the molecule is C1CNCCN1.CC(=O)N1CCNCC1.COC(=O)N1CCN(Cc2cccc([N+](=O)[O-])c2F)CC1.Cl.O=[N+]([O-])c1cccc(CBr)c1F.O=[N+]([O-])c1cccc(CBr)c1F.O=[N+]([O-])c1cccc(CN2CCN(Cc3cccc([N+](=O)[O-])c3F)CC2)c1F. The van der Waals surface area contributed by atoms with Crippen LogP contribution in [0.3, 0.4) is 0 Å². The number of nitro benzene ring substituents is 5. The third-order valence-corrected chi connectivity index (χ3v) is 14.7. The van der Waals surface area contributed by atoms with Crippen molar-refractivity contribution < 1.29 is 60.9 Å². The summed E-state index contributed by atoms with van der Waals surface area (Å²) in [4.78, 5) is 80.5. The van der Waals surface area contributed by atoms with Crippen LogP contribution in [0.2, 0.25) is 0 Å². The van der Waals surface area contributed by atoms with Crippen LogP contribution in [-0.2, 0) is 39.8 Å². The summed E-state index contributed by atoms with van der Waals surface area (Å²) in [5, 5.41) is 63.1. The summed E-state index contributed by atoms with van der Waals surface area (Å²) in [6.45, 7) is 15.0. The van der Waals surface area contributed by atoms with Crippen LogP contribution in [0, 0.1) is 79.7 Å². The van der Waals surface area contributed by atoms with Crippen molar-refractivity contribution in [1.82, 2.24) is 40.4 Å². The Labute approximate surface area is 531 Å². The van der Waals surface area contributed by atoms with E-state index in [1.165, 1.54) is 67.8 Å². The van der Waals surface area contributed by atoms with Crippen molar-refractivity contribution in [2.75, 3.05) is 112 Å². The van der Waals surface area contributed by atoms with E-state index in [1.807, 2.05) is 19.6 Å². The molecule has 3 N–H and O–H groups in total. The molecule has 4 saturated heterocycles. The number of benzene rings is 5. The molecule has 89 heavy (non-hydrogen) atoms. The zero-order chi connectivity index (χ0) is 64.9. The van der Waals surface area contributed by atoms with Crippen molar-refractivity contribution in [2.24, 2.45) is 0 Å². The minimum atomic E-state index is -0.825. The third kappa shape index (κ3) is 24.4. The standard InChI is InChI=1S/C18H18F2N4O4.C13H16FN3O4.2C7H5BrFNO2.C6H12N2O.C4H10N2.ClH/c19-17-13(3-1-5-15(17)23(25)26)11-21-7-9-22(10-8-21)12-14-4-2-6-16(18(14)20)24(27)28;1-21-13(18)16-7-5-15(6-8-16)9-10-3-2-4-11(12(10)14)17(19)20;2*8-4-5-2-1-3-6(7(5)9)10(11)12;1-6(9)8-4-2-7-3-5-8;1-2-6-4-3-5-1;/h1-6H,7-12H2;2-4H,5-9H2,1H3;2*1-3H,4H2;7H,2-5H2,1H3;5-6H,1-4H2;1H. The van der Waals surface area contributed by atoms with Gasteiger partial charge in [0.05, 0.1) is 31.7 Å². The Hall–Kier alpha value is -7.50. The molecule has 0 radical (unpaired) electrons. The monoisotopic (exact) mass is 1410 g/mol. The minimum absolute atomic E-state index is 0. The number of alkyl halides is 2. The second-order valence-corrected chi connectivity index (χ2v) is 20.5. The Morgan fingerprint density at radius 2 is 0.674 bits per heavy atom. The second kappa shape index (κ2) is 39.5. The molecule has 0 spiro atoms. The number of carbonyl (C=O) groups is 2. The van der Waals surface area contributed by atoms with E-state index in [2.05, 4.69) is 52.5 Å². The first-order valence-electron chi connectivity index (χ1n) is 27.1. The van der Waals surface area contributed by atoms with Crippen LogP contribution in [-0.4, -0.2) is 173 Å². The van der Waals surface area contributed by atoms with Gasteiger partial charge < -0.3 is 30.5 Å². The Kier molecular flexibility index (Phi) is 33.6. The third-order valence-electron chi connectivity index (χ3n) is 13.5. The molecule has 4 heterocycles. The lowest BCUT2D eigenvalue weighted by Gasteiger charge is -2.34. The number of nitro groups is 5. The molecule has 0 aromatic heterocycles. The fourth-order valence-electron chi connectivity index (χ4n) is 8.74. The maximum absolute atomic E-state index is 14.2. The molecule has 0 unspecified atom stereocenters. The van der Waals surface area contributed by atoms with E-state index in [-0.39, 0.29) is 71.4 Å². The first-order valence-corrected chi connectivity index (χ1v) is 29.4. The molecule has 5 aromatic rings. The Balaban J connectivity index is 0.000000298. The van der Waals surface area contributed by atoms with Crippen molar-refractivity contribution in [1.29, 1.82) is 0 Å². The van der Waals surface area contributed by atoms with Gasteiger partial charge in [-0.15, -0.1) is 12.4 Å². The molecule has 0 bridgehead atoms. The van der Waals surface area contributed by atoms with Crippen LogP contribution in [0.4, 0.5) is 55.2 Å². The highest BCUT2D eigenvalue weighted by Gasteiger charge is 2.27. The molecule has 4 aliphatic rings. The molecule has 9 rings (SSSR count). The lowest BCUT2D eigenvalue weighted by atomic mass is 10.1. The predicted octanol–water partition coefficient (Wildman–Crippen LogP) is 9.01. The van der Waals surface area contributed by atoms with Crippen LogP contribution in [0.15, 0.2) is 91.0 Å². The smallest absolute Gasteiger partial charge is 0.409 e. The number of carbonyl (C=O) groups excluding carboxylic acids is 2. The molecule has 486 valence electrons. The van der Waals surface area contributed by atoms with E-state index in [1.54, 1.807) is 11.8 Å². The highest BCUT2D eigenvalue weighted by atomic mass is 79.9. The first kappa shape index (κ1) is 75.7. The lowest BCUT2D eigenvalue weighted by Crippen LogP contribution is -2.48. The van der Waals surface area contributed by atoms with Crippen LogP contribution in [0.25, 0.3) is 0 Å². The summed E-state index contributed by atoms with van der Waals surface area (Å²) in [7, 11) is 1.33. The van der Waals surface area contributed by atoms with Crippen molar-refractivity contribution in [3.8, 4) is 0 Å². The van der Waals surface area contributed by atoms with Gasteiger partial charge in [0, 0.05) is 200 Å². The second-order valence-electron chi connectivity index (χ2n) is 19.3. The molecular weight excluding hydrogens is 1340 g/mol. The summed E-state index contributed by atoms with van der Waals surface area (Å²) in [6.07, 6.45) is -0.379. The Morgan fingerprint density at radius 3 is 0.899 bits per heavy atom. The van der Waals surface area contributed by atoms with Crippen LogP contribution in [0.5, 0.6) is 0 Å². The van der Waals surface area contributed by atoms with E-state index in [4.69, 9.17) is 0 Å². The fraction of sp³-hybridized carbons (Fsp3) is 0.418. The molecule has 4 aliphatic heterocycles. The van der Waals surface area contributed by atoms with Crippen molar-refractivity contribution in [3.63, 3.8) is 0 Å². The summed E-state index contributed by atoms with van der Waals surface area (Å²) in [5.74, 6) is -3.78. The van der Waals surface area contributed by atoms with Gasteiger partial charge in [-0.05, 0) is 0 Å². The van der Waals surface area contributed by atoms with Gasteiger partial charge in [-0.2, -0.15) is 22.0 Å². The number of rotatable bonds is 13. The molecule has 5 aromatic carbocycles. The topological polar surface area (TPSA) is 311 Å². The number of methoxy groups -OCH3 is 1. The Morgan fingerprint density at radius 1 is 0.427 bits per heavy atom. The molecule has 0 atom stereocenters. The highest BCUT2D eigenvalue weighted by Crippen LogP contribution is 2.27. The highest BCUT2D eigenvalue weighted by molar-refractivity contribution is 9.08. The van der Waals surface area contributed by atoms with Gasteiger partial charge in [0.2, 0.25) is 35.0 Å². The summed E-state index contributed by atoms with van der Waals surface area (Å²) < 4.78 is 73.2. The van der Waals surface area contributed by atoms with Gasteiger partial charge in [0.25, 0.3) is 0 Å². The molecule has 2 amide bonds. The van der Waals surface area contributed by atoms with Gasteiger partial charge in [-0.1, -0.05) is 92.5 Å². The summed E-state index contributed by atoms with van der Waals surface area (Å²) in [6, 6.07) is 20.6. The van der Waals surface area contributed by atoms with Crippen molar-refractivity contribution in [3.05, 3.63) is 198 Å². The van der Waals surface area contributed by atoms with E-state index in [0.717, 1.165) is 82.7 Å². The van der Waals surface area contributed by atoms with E-state index >= 15 is 0 Å². The molecule has 0 saturated carbocycles. The summed E-state index contributed by atoms with van der Waals surface area (Å²) >= 11 is 6.06. The molecule has 4 fully saturated rings. The number of nitrogens with zero attached hydrogens (tertiary/aromatic N) is 10. The average molecular weight is 1410 g/mol. The lowest BCUT2D eigenvalue weighted by molar-refractivity contribution is -0.387. The number of hydrogen-bond donors (Lipinski definition) is 3. The van der Waals surface area contributed by atoms with Crippen LogP contribution >= 0.6 is 44.3 Å². The molecule has 26 nitrogen and oxygen atoms in total. The predicted molar refractivity (Wildman–Crippen MR) is 328 cm³/mol. The van der Waals surface area contributed by atoms with E-state index in [0.29, 0.717) is 63.5 Å². The quantitative estimate of drug-likeness (QED) is 0.0428. The van der Waals surface area contributed by atoms with Gasteiger partial charge in [0.15, 0.2) is 0 Å². The Bertz CT molecular complexity index is 3020. The first-order chi connectivity index (χ1) is 42.0. The minimum Gasteiger partial charge on any atom is -0.453 e. The molecule has 0 aliphatic carbocycles. The zero-order valence-electron chi connectivity index (χ0n) is 48.3. The normalized spacial score (nSPS) is 14.9. The van der Waals surface area contributed by atoms with E-state index < -0.39 is 82.1 Å². The maximum atomic E-state index is 14.2. The van der Waals surface area contributed by atoms with Crippen LogP contribution in [0.1, 0.15) is 34.7 Å². The number of amides is 2.